The van der Waals surface area contributed by atoms with E-state index in [1.807, 2.05) is 0 Å². The molecule has 2 aromatic heterocycles. The number of halogens is 4. The van der Waals surface area contributed by atoms with E-state index in [4.69, 9.17) is 0 Å². The summed E-state index contributed by atoms with van der Waals surface area (Å²) in [4.78, 5) is 16.0. The zero-order chi connectivity index (χ0) is 16.5. The Morgan fingerprint density at radius 3 is 2.59 bits per heavy atom. The van der Waals surface area contributed by atoms with Crippen LogP contribution in [-0.4, -0.2) is 20.7 Å². The van der Waals surface area contributed by atoms with Crippen molar-refractivity contribution in [2.45, 2.75) is 26.6 Å². The van der Waals surface area contributed by atoms with Crippen molar-refractivity contribution in [2.24, 2.45) is 0 Å². The molecule has 0 saturated heterocycles. The highest BCUT2D eigenvalue weighted by Crippen LogP contribution is 2.28. The van der Waals surface area contributed by atoms with Gasteiger partial charge in [0, 0.05) is 16.4 Å². The van der Waals surface area contributed by atoms with Gasteiger partial charge in [0.25, 0.3) is 0 Å². The van der Waals surface area contributed by atoms with E-state index in [0.29, 0.717) is 5.82 Å². The lowest BCUT2D eigenvalue weighted by Crippen LogP contribution is -2.21. The van der Waals surface area contributed by atoms with E-state index in [2.05, 4.69) is 31.3 Å². The van der Waals surface area contributed by atoms with Gasteiger partial charge in [-0.3, -0.25) is 9.48 Å². The first-order valence-corrected chi connectivity index (χ1v) is 7.00. The maximum Gasteiger partial charge on any atom is 0.435 e. The average Bonchev–Trinajstić information content (AvgIpc) is 2.74. The molecule has 0 spiro atoms. The maximum atomic E-state index is 12.6. The Kier molecular flexibility index (Phi) is 4.55. The molecule has 1 N–H and O–H groups in total. The third-order valence-electron chi connectivity index (χ3n) is 2.87. The van der Waals surface area contributed by atoms with E-state index in [1.165, 1.54) is 13.1 Å². The van der Waals surface area contributed by atoms with Crippen LogP contribution in [0.4, 0.5) is 19.0 Å². The minimum Gasteiger partial charge on any atom is -0.309 e. The van der Waals surface area contributed by atoms with Gasteiger partial charge < -0.3 is 5.32 Å². The number of rotatable bonds is 3. The fourth-order valence-electron chi connectivity index (χ4n) is 1.79. The van der Waals surface area contributed by atoms with Crippen molar-refractivity contribution in [3.63, 3.8) is 0 Å². The maximum absolute atomic E-state index is 12.6. The predicted molar refractivity (Wildman–Crippen MR) is 77.3 cm³/mol. The minimum absolute atomic E-state index is 0.253. The number of hydrogen-bond donors (Lipinski definition) is 1. The van der Waals surface area contributed by atoms with Gasteiger partial charge in [-0.05, 0) is 47.5 Å². The van der Waals surface area contributed by atoms with Crippen LogP contribution in [0.1, 0.15) is 17.0 Å². The van der Waals surface area contributed by atoms with Gasteiger partial charge in [0.1, 0.15) is 12.4 Å². The zero-order valence-corrected chi connectivity index (χ0v) is 13.3. The van der Waals surface area contributed by atoms with E-state index in [-0.39, 0.29) is 12.2 Å². The molecule has 0 atom stereocenters. The molecule has 0 unspecified atom stereocenters. The summed E-state index contributed by atoms with van der Waals surface area (Å²) in [6.07, 6.45) is -3.01. The predicted octanol–water partition coefficient (Wildman–Crippen LogP) is 3.31. The van der Waals surface area contributed by atoms with E-state index < -0.39 is 17.8 Å². The molecule has 0 aliphatic rings. The van der Waals surface area contributed by atoms with Crippen molar-refractivity contribution in [2.75, 3.05) is 5.32 Å². The van der Waals surface area contributed by atoms with E-state index >= 15 is 0 Å². The third kappa shape index (κ3) is 3.85. The molecule has 118 valence electrons. The molecular weight excluding hydrogens is 365 g/mol. The van der Waals surface area contributed by atoms with Gasteiger partial charge in [0.05, 0.1) is 0 Å². The van der Waals surface area contributed by atoms with Crippen molar-refractivity contribution in [3.05, 3.63) is 39.8 Å². The van der Waals surface area contributed by atoms with Gasteiger partial charge in [-0.1, -0.05) is 0 Å². The van der Waals surface area contributed by atoms with Crippen molar-refractivity contribution >= 4 is 27.7 Å². The van der Waals surface area contributed by atoms with Crippen LogP contribution in [0.2, 0.25) is 0 Å². The van der Waals surface area contributed by atoms with Crippen LogP contribution < -0.4 is 5.32 Å². The van der Waals surface area contributed by atoms with Gasteiger partial charge in [-0.15, -0.1) is 0 Å². The molecule has 0 fully saturated rings. The van der Waals surface area contributed by atoms with Gasteiger partial charge in [0.2, 0.25) is 5.91 Å². The summed E-state index contributed by atoms with van der Waals surface area (Å²) in [5.74, 6) is -0.146. The van der Waals surface area contributed by atoms with Gasteiger partial charge in [-0.2, -0.15) is 18.3 Å². The van der Waals surface area contributed by atoms with E-state index in [0.717, 1.165) is 20.8 Å². The first kappa shape index (κ1) is 16.5. The summed E-state index contributed by atoms with van der Waals surface area (Å²) < 4.78 is 39.5. The lowest BCUT2D eigenvalue weighted by Gasteiger charge is -2.08. The number of nitrogens with one attached hydrogen (secondary N) is 1. The fraction of sp³-hybridized carbons (Fsp3) is 0.308. The van der Waals surface area contributed by atoms with Crippen molar-refractivity contribution in [1.29, 1.82) is 0 Å². The molecule has 2 rings (SSSR count). The lowest BCUT2D eigenvalue weighted by atomic mass is 10.3. The molecule has 1 amide bonds. The number of amides is 1. The molecule has 0 saturated carbocycles. The van der Waals surface area contributed by atoms with Crippen LogP contribution in [0.15, 0.2) is 22.8 Å². The quantitative estimate of drug-likeness (QED) is 0.893. The number of aryl methyl sites for hydroxylation is 2. The zero-order valence-electron chi connectivity index (χ0n) is 11.7. The number of aromatic nitrogens is 3. The number of carbonyl (C=O) groups excluding carboxylic acids is 1. The van der Waals surface area contributed by atoms with Crippen molar-refractivity contribution in [1.82, 2.24) is 14.8 Å². The molecule has 0 aliphatic heterocycles. The summed E-state index contributed by atoms with van der Waals surface area (Å²) in [5.41, 5.74) is -0.0328. The van der Waals surface area contributed by atoms with Gasteiger partial charge in [0.15, 0.2) is 5.69 Å². The van der Waals surface area contributed by atoms with Crippen LogP contribution in [0, 0.1) is 13.8 Å². The SMILES string of the molecule is Cc1cc(Br)cnc1NC(=O)Cn1nc(C(F)(F)F)cc1C. The highest BCUT2D eigenvalue weighted by Gasteiger charge is 2.34. The number of pyridine rings is 1. The summed E-state index contributed by atoms with van der Waals surface area (Å²) in [6, 6.07) is 2.67. The largest absolute Gasteiger partial charge is 0.435 e. The van der Waals surface area contributed by atoms with Crippen molar-refractivity contribution < 1.29 is 18.0 Å². The van der Waals surface area contributed by atoms with E-state index in [9.17, 15) is 18.0 Å². The smallest absolute Gasteiger partial charge is 0.309 e. The first-order valence-electron chi connectivity index (χ1n) is 6.20. The number of nitrogens with zero attached hydrogens (tertiary/aromatic N) is 3. The molecule has 2 aromatic rings. The highest BCUT2D eigenvalue weighted by atomic mass is 79.9. The molecule has 2 heterocycles. The summed E-state index contributed by atoms with van der Waals surface area (Å²) in [7, 11) is 0. The molecule has 0 radical (unpaired) electrons. The molecular formula is C13H12BrF3N4O. The molecule has 0 aliphatic carbocycles. The lowest BCUT2D eigenvalue weighted by molar-refractivity contribution is -0.141. The molecule has 5 nitrogen and oxygen atoms in total. The molecule has 0 bridgehead atoms. The van der Waals surface area contributed by atoms with Crippen LogP contribution in [-0.2, 0) is 17.5 Å². The van der Waals surface area contributed by atoms with Crippen LogP contribution >= 0.6 is 15.9 Å². The Morgan fingerprint density at radius 2 is 2.05 bits per heavy atom. The van der Waals surface area contributed by atoms with Gasteiger partial charge >= 0.3 is 6.18 Å². The summed E-state index contributed by atoms with van der Waals surface area (Å²) >= 11 is 3.25. The number of carbonyl (C=O) groups is 1. The Bertz CT molecular complexity index is 712. The van der Waals surface area contributed by atoms with E-state index in [1.54, 1.807) is 13.0 Å². The molecule has 22 heavy (non-hydrogen) atoms. The number of alkyl halides is 3. The fourth-order valence-corrected chi connectivity index (χ4v) is 2.23. The first-order chi connectivity index (χ1) is 10.2. The monoisotopic (exact) mass is 376 g/mol. The standard InChI is InChI=1S/C13H12BrF3N4O/c1-7-3-9(14)5-18-12(7)19-11(22)6-21-8(2)4-10(20-21)13(15,16)17/h3-5H,6H2,1-2H3,(H,18,19,22). The van der Waals surface area contributed by atoms with Crippen LogP contribution in [0.5, 0.6) is 0 Å². The highest BCUT2D eigenvalue weighted by molar-refractivity contribution is 9.10. The second-order valence-corrected chi connectivity index (χ2v) is 5.61. The minimum atomic E-state index is -4.53. The Hall–Kier alpha value is -1.90. The Balaban J connectivity index is 2.11. The Labute approximate surface area is 132 Å². The number of hydrogen-bond acceptors (Lipinski definition) is 3. The van der Waals surface area contributed by atoms with Crippen molar-refractivity contribution in [3.8, 4) is 0 Å². The Morgan fingerprint density at radius 1 is 1.36 bits per heavy atom. The molecule has 0 aromatic carbocycles. The second kappa shape index (κ2) is 6.07. The topological polar surface area (TPSA) is 59.8 Å². The number of anilines is 1. The second-order valence-electron chi connectivity index (χ2n) is 4.69. The van der Waals surface area contributed by atoms with Crippen LogP contribution in [0.3, 0.4) is 0 Å². The molecule has 9 heteroatoms. The summed E-state index contributed by atoms with van der Waals surface area (Å²) in [6.45, 7) is 2.89. The summed E-state index contributed by atoms with van der Waals surface area (Å²) in [5, 5.41) is 5.95. The van der Waals surface area contributed by atoms with Crippen LogP contribution in [0.25, 0.3) is 0 Å². The third-order valence-corrected chi connectivity index (χ3v) is 3.30. The van der Waals surface area contributed by atoms with Gasteiger partial charge in [-0.25, -0.2) is 4.98 Å². The normalized spacial score (nSPS) is 11.5. The average molecular weight is 377 g/mol.